The number of alkyl carbamates (subject to hydrolysis) is 1. The Balaban J connectivity index is 2.10. The van der Waals surface area contributed by atoms with Gasteiger partial charge in [0.15, 0.2) is 0 Å². The Morgan fingerprint density at radius 1 is 0.968 bits per heavy atom. The SMILES string of the molecule is CC(C)C[C@H](NC(=O)[C@@H](Cc1cccc(F)c1)NC(=O)OCc1ccccc1)C(N)=O. The van der Waals surface area contributed by atoms with Crippen molar-refractivity contribution < 1.29 is 23.5 Å². The molecule has 7 nitrogen and oxygen atoms in total. The number of carbonyl (C=O) groups is 3. The number of amides is 3. The van der Waals surface area contributed by atoms with Gasteiger partial charge >= 0.3 is 6.09 Å². The van der Waals surface area contributed by atoms with Crippen LogP contribution in [-0.4, -0.2) is 30.0 Å². The number of halogens is 1. The molecule has 2 aromatic carbocycles. The number of hydrogen-bond acceptors (Lipinski definition) is 4. The number of ether oxygens (including phenoxy) is 1. The molecule has 0 unspecified atom stereocenters. The van der Waals surface area contributed by atoms with E-state index in [-0.39, 0.29) is 18.9 Å². The molecule has 0 spiro atoms. The zero-order valence-corrected chi connectivity index (χ0v) is 17.6. The molecule has 0 radical (unpaired) electrons. The summed E-state index contributed by atoms with van der Waals surface area (Å²) < 4.78 is 18.8. The van der Waals surface area contributed by atoms with Crippen molar-refractivity contribution in [2.24, 2.45) is 11.7 Å². The normalized spacial score (nSPS) is 12.6. The van der Waals surface area contributed by atoms with Gasteiger partial charge in [0.1, 0.15) is 24.5 Å². The largest absolute Gasteiger partial charge is 0.445 e. The molecule has 3 amide bonds. The molecule has 0 aliphatic heterocycles. The zero-order valence-electron chi connectivity index (χ0n) is 17.6. The molecule has 2 rings (SSSR count). The Hall–Kier alpha value is -3.42. The number of nitrogens with two attached hydrogens (primary N) is 1. The van der Waals surface area contributed by atoms with E-state index in [0.29, 0.717) is 12.0 Å². The molecule has 2 atom stereocenters. The van der Waals surface area contributed by atoms with Gasteiger partial charge in [-0.1, -0.05) is 56.3 Å². The summed E-state index contributed by atoms with van der Waals surface area (Å²) in [7, 11) is 0. The van der Waals surface area contributed by atoms with Gasteiger partial charge in [-0.3, -0.25) is 9.59 Å². The van der Waals surface area contributed by atoms with E-state index in [1.807, 2.05) is 32.0 Å². The van der Waals surface area contributed by atoms with Gasteiger partial charge in [0.2, 0.25) is 11.8 Å². The number of benzene rings is 2. The number of carbonyl (C=O) groups excluding carboxylic acids is 3. The first kappa shape index (κ1) is 23.9. The average molecular weight is 429 g/mol. The number of hydrogen-bond donors (Lipinski definition) is 3. The Kier molecular flexibility index (Phi) is 8.99. The third kappa shape index (κ3) is 8.46. The quantitative estimate of drug-likeness (QED) is 0.539. The van der Waals surface area contributed by atoms with E-state index in [4.69, 9.17) is 10.5 Å². The maximum atomic E-state index is 13.6. The van der Waals surface area contributed by atoms with Crippen molar-refractivity contribution in [3.8, 4) is 0 Å². The average Bonchev–Trinajstić information content (AvgIpc) is 2.71. The lowest BCUT2D eigenvalue weighted by Gasteiger charge is -2.23. The molecule has 0 aliphatic rings. The number of nitrogens with one attached hydrogen (secondary N) is 2. The first-order valence-electron chi connectivity index (χ1n) is 10.1. The lowest BCUT2D eigenvalue weighted by atomic mass is 10.0. The van der Waals surface area contributed by atoms with Crippen LogP contribution in [0.1, 0.15) is 31.4 Å². The van der Waals surface area contributed by atoms with E-state index >= 15 is 0 Å². The third-order valence-corrected chi connectivity index (χ3v) is 4.52. The summed E-state index contributed by atoms with van der Waals surface area (Å²) >= 11 is 0. The molecule has 0 saturated heterocycles. The highest BCUT2D eigenvalue weighted by molar-refractivity contribution is 5.90. The van der Waals surface area contributed by atoms with Gasteiger partial charge in [0.25, 0.3) is 0 Å². The summed E-state index contributed by atoms with van der Waals surface area (Å²) in [6.45, 7) is 3.81. The number of rotatable bonds is 10. The van der Waals surface area contributed by atoms with Crippen molar-refractivity contribution in [1.29, 1.82) is 0 Å². The van der Waals surface area contributed by atoms with Gasteiger partial charge in [0, 0.05) is 6.42 Å². The van der Waals surface area contributed by atoms with Crippen LogP contribution in [0.3, 0.4) is 0 Å². The smallest absolute Gasteiger partial charge is 0.408 e. The van der Waals surface area contributed by atoms with Gasteiger partial charge in [-0.2, -0.15) is 0 Å². The van der Waals surface area contributed by atoms with Crippen LogP contribution in [0.2, 0.25) is 0 Å². The molecular formula is C23H28FN3O4. The van der Waals surface area contributed by atoms with Crippen molar-refractivity contribution >= 4 is 17.9 Å². The Morgan fingerprint density at radius 3 is 2.26 bits per heavy atom. The van der Waals surface area contributed by atoms with Crippen molar-refractivity contribution in [3.63, 3.8) is 0 Å². The lowest BCUT2D eigenvalue weighted by molar-refractivity contribution is -0.128. The van der Waals surface area contributed by atoms with Crippen LogP contribution in [0.5, 0.6) is 0 Å². The molecule has 2 aromatic rings. The molecule has 4 N–H and O–H groups in total. The first-order chi connectivity index (χ1) is 14.7. The van der Waals surface area contributed by atoms with Crippen molar-refractivity contribution in [2.45, 2.75) is 45.4 Å². The summed E-state index contributed by atoms with van der Waals surface area (Å²) in [5, 5.41) is 5.09. The minimum absolute atomic E-state index is 0.0111. The summed E-state index contributed by atoms with van der Waals surface area (Å²) in [6, 6.07) is 12.8. The van der Waals surface area contributed by atoms with Crippen LogP contribution in [0.4, 0.5) is 9.18 Å². The fourth-order valence-electron chi connectivity index (χ4n) is 3.01. The zero-order chi connectivity index (χ0) is 22.8. The van der Waals surface area contributed by atoms with Gasteiger partial charge in [0.05, 0.1) is 0 Å². The third-order valence-electron chi connectivity index (χ3n) is 4.52. The first-order valence-corrected chi connectivity index (χ1v) is 10.1. The molecule has 0 fully saturated rings. The molecule has 0 aromatic heterocycles. The standard InChI is InChI=1S/C23H28FN3O4/c1-15(2)11-19(21(25)28)26-22(29)20(13-17-9-6-10-18(24)12-17)27-23(30)31-14-16-7-4-3-5-8-16/h3-10,12,15,19-20H,11,13-14H2,1-2H3,(H2,25,28)(H,26,29)(H,27,30)/t19-,20+/m0/s1. The van der Waals surface area contributed by atoms with Gasteiger partial charge in [-0.25, -0.2) is 9.18 Å². The predicted octanol–water partition coefficient (Wildman–Crippen LogP) is 2.68. The summed E-state index contributed by atoms with van der Waals surface area (Å²) in [6.07, 6.45) is -0.441. The van der Waals surface area contributed by atoms with Crippen molar-refractivity contribution in [1.82, 2.24) is 10.6 Å². The molecule has 8 heteroatoms. The van der Waals surface area contributed by atoms with Crippen LogP contribution in [0.25, 0.3) is 0 Å². The lowest BCUT2D eigenvalue weighted by Crippen LogP contribution is -2.54. The van der Waals surface area contributed by atoms with Gasteiger partial charge in [-0.05, 0) is 35.6 Å². The Morgan fingerprint density at radius 2 is 1.65 bits per heavy atom. The topological polar surface area (TPSA) is 111 Å². The highest BCUT2D eigenvalue weighted by atomic mass is 19.1. The maximum absolute atomic E-state index is 13.6. The van der Waals surface area contributed by atoms with E-state index in [0.717, 1.165) is 5.56 Å². The van der Waals surface area contributed by atoms with E-state index in [1.165, 1.54) is 18.2 Å². The van der Waals surface area contributed by atoms with Crippen LogP contribution in [0, 0.1) is 11.7 Å². The Labute approximate surface area is 181 Å². The second-order valence-electron chi connectivity index (χ2n) is 7.69. The van der Waals surface area contributed by atoms with Crippen LogP contribution in [0.15, 0.2) is 54.6 Å². The summed E-state index contributed by atoms with van der Waals surface area (Å²) in [4.78, 5) is 36.9. The van der Waals surface area contributed by atoms with Crippen LogP contribution < -0.4 is 16.4 Å². The summed E-state index contributed by atoms with van der Waals surface area (Å²) in [5.74, 6) is -1.62. The highest BCUT2D eigenvalue weighted by Crippen LogP contribution is 2.10. The summed E-state index contributed by atoms with van der Waals surface area (Å²) in [5.41, 5.74) is 6.69. The molecule has 0 aliphatic carbocycles. The van der Waals surface area contributed by atoms with Gasteiger partial charge in [-0.15, -0.1) is 0 Å². The second-order valence-corrected chi connectivity index (χ2v) is 7.69. The fraction of sp³-hybridized carbons (Fsp3) is 0.348. The number of primary amides is 1. The van der Waals surface area contributed by atoms with E-state index < -0.39 is 35.8 Å². The Bertz CT molecular complexity index is 889. The van der Waals surface area contributed by atoms with E-state index in [2.05, 4.69) is 10.6 Å². The second kappa shape index (κ2) is 11.7. The molecular weight excluding hydrogens is 401 g/mol. The maximum Gasteiger partial charge on any atom is 0.408 e. The van der Waals surface area contributed by atoms with E-state index in [1.54, 1.807) is 18.2 Å². The molecule has 0 bridgehead atoms. The van der Waals surface area contributed by atoms with Crippen molar-refractivity contribution in [3.05, 3.63) is 71.5 Å². The molecule has 166 valence electrons. The van der Waals surface area contributed by atoms with Crippen LogP contribution in [-0.2, 0) is 27.4 Å². The molecule has 0 heterocycles. The monoisotopic (exact) mass is 429 g/mol. The predicted molar refractivity (Wildman–Crippen MR) is 114 cm³/mol. The minimum Gasteiger partial charge on any atom is -0.445 e. The molecule has 31 heavy (non-hydrogen) atoms. The highest BCUT2D eigenvalue weighted by Gasteiger charge is 2.27. The van der Waals surface area contributed by atoms with Crippen molar-refractivity contribution in [2.75, 3.05) is 0 Å². The van der Waals surface area contributed by atoms with Crippen LogP contribution >= 0.6 is 0 Å². The minimum atomic E-state index is -1.08. The molecule has 0 saturated carbocycles. The van der Waals surface area contributed by atoms with Gasteiger partial charge < -0.3 is 21.1 Å². The fourth-order valence-corrected chi connectivity index (χ4v) is 3.01. The van der Waals surface area contributed by atoms with E-state index in [9.17, 15) is 18.8 Å².